The number of amides is 2. The summed E-state index contributed by atoms with van der Waals surface area (Å²) in [6.45, 7) is 1.27. The van der Waals surface area contributed by atoms with Crippen molar-refractivity contribution < 1.29 is 14.7 Å². The van der Waals surface area contributed by atoms with E-state index in [0.717, 1.165) is 0 Å². The Morgan fingerprint density at radius 3 is 2.45 bits per heavy atom. The minimum atomic E-state index is -1.16. The molecule has 0 aromatic carbocycles. The summed E-state index contributed by atoms with van der Waals surface area (Å²) in [4.78, 5) is 20.9. The van der Waals surface area contributed by atoms with E-state index in [1.807, 2.05) is 0 Å². The Kier molecular flexibility index (Phi) is 4.21. The van der Waals surface area contributed by atoms with Crippen molar-refractivity contribution in [3.8, 4) is 0 Å². The van der Waals surface area contributed by atoms with Crippen LogP contribution in [0.25, 0.3) is 0 Å². The lowest BCUT2D eigenvalue weighted by atomic mass is 10.3. The van der Waals surface area contributed by atoms with Crippen molar-refractivity contribution in [2.45, 2.75) is 13.0 Å². The van der Waals surface area contributed by atoms with Crippen LogP contribution in [-0.4, -0.2) is 36.6 Å². The average Bonchev–Trinajstić information content (AvgIpc) is 1.98. The number of carbonyl (C=O) groups excluding carboxylic acids is 2. The van der Waals surface area contributed by atoms with E-state index in [2.05, 4.69) is 10.6 Å². The molecular formula is C6H12N2O3. The molecule has 0 saturated carbocycles. The van der Waals surface area contributed by atoms with E-state index < -0.39 is 12.0 Å². The number of rotatable bonds is 3. The quantitative estimate of drug-likeness (QED) is 0.457. The molecule has 11 heavy (non-hydrogen) atoms. The summed E-state index contributed by atoms with van der Waals surface area (Å²) in [7, 11) is 1.42. The van der Waals surface area contributed by atoms with E-state index in [4.69, 9.17) is 5.11 Å². The number of hydrogen-bond donors (Lipinski definition) is 3. The number of nitrogens with one attached hydrogen (secondary N) is 2. The van der Waals surface area contributed by atoms with Gasteiger partial charge in [0.25, 0.3) is 0 Å². The maximum absolute atomic E-state index is 10.6. The van der Waals surface area contributed by atoms with Crippen molar-refractivity contribution in [3.63, 3.8) is 0 Å². The predicted molar refractivity (Wildman–Crippen MR) is 38.8 cm³/mol. The molecule has 0 aliphatic rings. The molecule has 0 aliphatic heterocycles. The van der Waals surface area contributed by atoms with E-state index >= 15 is 0 Å². The van der Waals surface area contributed by atoms with Gasteiger partial charge in [0.15, 0.2) is 0 Å². The van der Waals surface area contributed by atoms with Crippen molar-refractivity contribution in [1.82, 2.24) is 10.6 Å². The number of carbonyl (C=O) groups is 2. The van der Waals surface area contributed by atoms with E-state index in [-0.39, 0.29) is 12.5 Å². The molecule has 0 aliphatic carbocycles. The first-order valence-corrected chi connectivity index (χ1v) is 3.22. The molecule has 0 bridgehead atoms. The Labute approximate surface area is 64.8 Å². The fourth-order valence-corrected chi connectivity index (χ4v) is 0.500. The highest BCUT2D eigenvalue weighted by atomic mass is 16.3. The van der Waals surface area contributed by atoms with Crippen LogP contribution in [0.3, 0.4) is 0 Å². The molecule has 5 heteroatoms. The van der Waals surface area contributed by atoms with Crippen molar-refractivity contribution in [2.24, 2.45) is 0 Å². The van der Waals surface area contributed by atoms with Gasteiger partial charge < -0.3 is 15.7 Å². The SMILES string of the molecule is CNC(=O)C(O)CNC(C)=O. The summed E-state index contributed by atoms with van der Waals surface area (Å²) in [5.41, 5.74) is 0. The first-order valence-electron chi connectivity index (χ1n) is 3.22. The fourth-order valence-electron chi connectivity index (χ4n) is 0.500. The average molecular weight is 160 g/mol. The van der Waals surface area contributed by atoms with Gasteiger partial charge in [-0.3, -0.25) is 9.59 Å². The van der Waals surface area contributed by atoms with E-state index in [1.54, 1.807) is 0 Å². The van der Waals surface area contributed by atoms with Crippen LogP contribution in [0, 0.1) is 0 Å². The summed E-state index contributed by atoms with van der Waals surface area (Å²) in [5.74, 6) is -0.772. The maximum atomic E-state index is 10.6. The van der Waals surface area contributed by atoms with Gasteiger partial charge >= 0.3 is 0 Å². The Balaban J connectivity index is 3.60. The first-order chi connectivity index (χ1) is 5.07. The van der Waals surface area contributed by atoms with E-state index in [0.29, 0.717) is 0 Å². The molecule has 0 fully saturated rings. The zero-order valence-electron chi connectivity index (χ0n) is 6.55. The van der Waals surface area contributed by atoms with Gasteiger partial charge in [-0.05, 0) is 0 Å². The van der Waals surface area contributed by atoms with Gasteiger partial charge in [0.2, 0.25) is 11.8 Å². The summed E-state index contributed by atoms with van der Waals surface area (Å²) >= 11 is 0. The van der Waals surface area contributed by atoms with Crippen LogP contribution in [-0.2, 0) is 9.59 Å². The minimum absolute atomic E-state index is 0.0466. The summed E-state index contributed by atoms with van der Waals surface area (Å²) in [6.07, 6.45) is -1.16. The number of likely N-dealkylation sites (N-methyl/N-ethyl adjacent to an activating group) is 1. The Bertz CT molecular complexity index is 158. The topological polar surface area (TPSA) is 78.4 Å². The van der Waals surface area contributed by atoms with Gasteiger partial charge in [-0.25, -0.2) is 0 Å². The van der Waals surface area contributed by atoms with Crippen LogP contribution in [0.4, 0.5) is 0 Å². The van der Waals surface area contributed by atoms with E-state index in [1.165, 1.54) is 14.0 Å². The van der Waals surface area contributed by atoms with Crippen LogP contribution < -0.4 is 10.6 Å². The second-order valence-corrected chi connectivity index (χ2v) is 2.07. The summed E-state index contributed by atoms with van der Waals surface area (Å²) in [6, 6.07) is 0. The number of aliphatic hydroxyl groups is 1. The molecule has 0 saturated heterocycles. The van der Waals surface area contributed by atoms with Crippen LogP contribution in [0.15, 0.2) is 0 Å². The van der Waals surface area contributed by atoms with Crippen LogP contribution in [0.5, 0.6) is 0 Å². The van der Waals surface area contributed by atoms with E-state index in [9.17, 15) is 9.59 Å². The number of hydrogen-bond acceptors (Lipinski definition) is 3. The van der Waals surface area contributed by atoms with Gasteiger partial charge in [-0.15, -0.1) is 0 Å². The van der Waals surface area contributed by atoms with Crippen LogP contribution in [0.1, 0.15) is 6.92 Å². The largest absolute Gasteiger partial charge is 0.381 e. The molecule has 0 aromatic rings. The normalized spacial score (nSPS) is 11.9. The highest BCUT2D eigenvalue weighted by Crippen LogP contribution is 1.78. The maximum Gasteiger partial charge on any atom is 0.250 e. The van der Waals surface area contributed by atoms with Crippen molar-refractivity contribution >= 4 is 11.8 Å². The molecule has 0 rings (SSSR count). The van der Waals surface area contributed by atoms with Crippen LogP contribution >= 0.6 is 0 Å². The summed E-state index contributed by atoms with van der Waals surface area (Å²) in [5, 5.41) is 13.5. The van der Waals surface area contributed by atoms with Crippen LogP contribution in [0.2, 0.25) is 0 Å². The zero-order valence-corrected chi connectivity index (χ0v) is 6.55. The highest BCUT2D eigenvalue weighted by Gasteiger charge is 2.12. The molecule has 0 spiro atoms. The molecule has 5 nitrogen and oxygen atoms in total. The number of aliphatic hydroxyl groups excluding tert-OH is 1. The second-order valence-electron chi connectivity index (χ2n) is 2.07. The molecule has 0 radical (unpaired) electrons. The third-order valence-electron chi connectivity index (χ3n) is 1.09. The smallest absolute Gasteiger partial charge is 0.250 e. The predicted octanol–water partition coefficient (Wildman–Crippen LogP) is -1.77. The van der Waals surface area contributed by atoms with Gasteiger partial charge in [-0.2, -0.15) is 0 Å². The summed E-state index contributed by atoms with van der Waals surface area (Å²) < 4.78 is 0. The van der Waals surface area contributed by atoms with Gasteiger partial charge in [-0.1, -0.05) is 0 Å². The van der Waals surface area contributed by atoms with Crippen molar-refractivity contribution in [3.05, 3.63) is 0 Å². The molecule has 1 atom stereocenters. The van der Waals surface area contributed by atoms with Crippen molar-refractivity contribution in [1.29, 1.82) is 0 Å². The standard InChI is InChI=1S/C6H12N2O3/c1-4(9)8-3-5(10)6(11)7-2/h5,10H,3H2,1-2H3,(H,7,11)(H,8,9). The third kappa shape index (κ3) is 4.32. The molecular weight excluding hydrogens is 148 g/mol. The molecule has 0 aromatic heterocycles. The fraction of sp³-hybridized carbons (Fsp3) is 0.667. The monoisotopic (exact) mass is 160 g/mol. The minimum Gasteiger partial charge on any atom is -0.381 e. The first kappa shape index (κ1) is 9.90. The Morgan fingerprint density at radius 2 is 2.09 bits per heavy atom. The molecule has 0 heterocycles. The molecule has 1 unspecified atom stereocenters. The Hall–Kier alpha value is -1.10. The molecule has 3 N–H and O–H groups in total. The lowest BCUT2D eigenvalue weighted by Gasteiger charge is -2.08. The lowest BCUT2D eigenvalue weighted by molar-refractivity contribution is -0.129. The second kappa shape index (κ2) is 4.68. The van der Waals surface area contributed by atoms with Gasteiger partial charge in [0.05, 0.1) is 6.54 Å². The van der Waals surface area contributed by atoms with Crippen molar-refractivity contribution in [2.75, 3.05) is 13.6 Å². The Morgan fingerprint density at radius 1 is 1.55 bits per heavy atom. The third-order valence-corrected chi connectivity index (χ3v) is 1.09. The zero-order chi connectivity index (χ0) is 8.85. The van der Waals surface area contributed by atoms with Gasteiger partial charge in [0.1, 0.15) is 6.10 Å². The molecule has 64 valence electrons. The lowest BCUT2D eigenvalue weighted by Crippen LogP contribution is -2.40. The molecule has 2 amide bonds. The van der Waals surface area contributed by atoms with Gasteiger partial charge in [0, 0.05) is 14.0 Å². The highest BCUT2D eigenvalue weighted by molar-refractivity contribution is 5.81.